The van der Waals surface area contributed by atoms with Crippen LogP contribution in [0.4, 0.5) is 0 Å². The second-order valence-electron chi connectivity index (χ2n) is 3.50. The molecule has 0 bridgehead atoms. The average molecular weight is 220 g/mol. The molecule has 0 aromatic heterocycles. The van der Waals surface area contributed by atoms with Gasteiger partial charge in [0.2, 0.25) is 0 Å². The molecule has 0 saturated carbocycles. The SMILES string of the molecule is C=CC(=O)O.CC(CO)(CO)CCCO. The third kappa shape index (κ3) is 11.0. The summed E-state index contributed by atoms with van der Waals surface area (Å²) in [5, 5.41) is 33.6. The number of aliphatic carboxylic acids is 1. The number of rotatable bonds is 6. The third-order valence-corrected chi connectivity index (χ3v) is 1.88. The van der Waals surface area contributed by atoms with E-state index in [1.54, 1.807) is 6.92 Å². The highest BCUT2D eigenvalue weighted by molar-refractivity contribution is 5.78. The minimum absolute atomic E-state index is 0.0243. The number of aliphatic hydroxyl groups is 3. The van der Waals surface area contributed by atoms with E-state index in [9.17, 15) is 4.79 Å². The Hall–Kier alpha value is -0.910. The van der Waals surface area contributed by atoms with Crippen LogP contribution in [0.2, 0.25) is 0 Å². The van der Waals surface area contributed by atoms with E-state index in [-0.39, 0.29) is 19.8 Å². The minimum atomic E-state index is -0.981. The van der Waals surface area contributed by atoms with Crippen molar-refractivity contribution >= 4 is 5.97 Å². The molecular weight excluding hydrogens is 200 g/mol. The van der Waals surface area contributed by atoms with E-state index in [2.05, 4.69) is 6.58 Å². The van der Waals surface area contributed by atoms with Gasteiger partial charge in [0.15, 0.2) is 0 Å². The standard InChI is InChI=1S/C7H16O3.C3H4O2/c1-7(5-9,6-10)3-2-4-8;1-2-3(4)5/h8-10H,2-6H2,1H3;2H,1H2,(H,4,5). The van der Waals surface area contributed by atoms with Gasteiger partial charge in [-0.2, -0.15) is 0 Å². The van der Waals surface area contributed by atoms with E-state index in [4.69, 9.17) is 20.4 Å². The zero-order chi connectivity index (χ0) is 12.3. The van der Waals surface area contributed by atoms with E-state index < -0.39 is 11.4 Å². The lowest BCUT2D eigenvalue weighted by molar-refractivity contribution is -0.131. The molecule has 0 amide bonds. The fourth-order valence-corrected chi connectivity index (χ4v) is 0.714. The van der Waals surface area contributed by atoms with Gasteiger partial charge in [0, 0.05) is 18.1 Å². The summed E-state index contributed by atoms with van der Waals surface area (Å²) in [6, 6.07) is 0. The molecule has 0 atom stereocenters. The van der Waals surface area contributed by atoms with Crippen LogP contribution < -0.4 is 0 Å². The Kier molecular flexibility index (Phi) is 10.6. The monoisotopic (exact) mass is 220 g/mol. The molecule has 0 aliphatic carbocycles. The van der Waals surface area contributed by atoms with E-state index in [0.29, 0.717) is 12.8 Å². The van der Waals surface area contributed by atoms with Crippen LogP contribution in [0.3, 0.4) is 0 Å². The average Bonchev–Trinajstić information content (AvgIpc) is 2.26. The Morgan fingerprint density at radius 1 is 1.33 bits per heavy atom. The van der Waals surface area contributed by atoms with Gasteiger partial charge in [-0.3, -0.25) is 0 Å². The maximum absolute atomic E-state index is 9.25. The first-order valence-corrected chi connectivity index (χ1v) is 4.63. The van der Waals surface area contributed by atoms with Gasteiger partial charge in [-0.15, -0.1) is 0 Å². The smallest absolute Gasteiger partial charge is 0.327 e. The number of carboxylic acids is 1. The lowest BCUT2D eigenvalue weighted by Gasteiger charge is -2.23. The lowest BCUT2D eigenvalue weighted by Crippen LogP contribution is -2.26. The first kappa shape index (κ1) is 16.5. The van der Waals surface area contributed by atoms with E-state index in [1.807, 2.05) is 0 Å². The molecule has 5 heteroatoms. The zero-order valence-electron chi connectivity index (χ0n) is 9.02. The summed E-state index contributed by atoms with van der Waals surface area (Å²) in [5.41, 5.74) is -0.414. The van der Waals surface area contributed by atoms with Crippen molar-refractivity contribution < 1.29 is 25.2 Å². The minimum Gasteiger partial charge on any atom is -0.478 e. The molecule has 5 nitrogen and oxygen atoms in total. The fraction of sp³-hybridized carbons (Fsp3) is 0.700. The van der Waals surface area contributed by atoms with Crippen molar-refractivity contribution in [1.82, 2.24) is 0 Å². The van der Waals surface area contributed by atoms with Crippen molar-refractivity contribution in [1.29, 1.82) is 0 Å². The fourth-order valence-electron chi connectivity index (χ4n) is 0.714. The van der Waals surface area contributed by atoms with Crippen LogP contribution in [0.15, 0.2) is 12.7 Å². The summed E-state index contributed by atoms with van der Waals surface area (Å²) in [5.74, 6) is -0.981. The van der Waals surface area contributed by atoms with Crippen LogP contribution in [0, 0.1) is 5.41 Å². The normalized spacial score (nSPS) is 10.1. The molecule has 0 heterocycles. The molecule has 0 unspecified atom stereocenters. The predicted molar refractivity (Wildman–Crippen MR) is 56.4 cm³/mol. The van der Waals surface area contributed by atoms with E-state index >= 15 is 0 Å². The van der Waals surface area contributed by atoms with Gasteiger partial charge < -0.3 is 20.4 Å². The summed E-state index contributed by atoms with van der Waals surface area (Å²) in [4.78, 5) is 9.25. The highest BCUT2D eigenvalue weighted by Gasteiger charge is 2.20. The molecule has 0 rings (SSSR count). The van der Waals surface area contributed by atoms with Gasteiger partial charge in [-0.05, 0) is 12.8 Å². The Labute approximate surface area is 89.7 Å². The topological polar surface area (TPSA) is 98.0 Å². The molecule has 0 aromatic rings. The second-order valence-corrected chi connectivity index (χ2v) is 3.50. The number of carbonyl (C=O) groups is 1. The van der Waals surface area contributed by atoms with Gasteiger partial charge in [0.1, 0.15) is 0 Å². The van der Waals surface area contributed by atoms with Gasteiger partial charge in [0.25, 0.3) is 0 Å². The van der Waals surface area contributed by atoms with Crippen molar-refractivity contribution in [2.75, 3.05) is 19.8 Å². The Morgan fingerprint density at radius 3 is 1.93 bits per heavy atom. The highest BCUT2D eigenvalue weighted by atomic mass is 16.4. The molecule has 0 radical (unpaired) electrons. The number of aliphatic hydroxyl groups excluding tert-OH is 3. The van der Waals surface area contributed by atoms with E-state index in [0.717, 1.165) is 6.08 Å². The van der Waals surface area contributed by atoms with Crippen molar-refractivity contribution in [3.63, 3.8) is 0 Å². The zero-order valence-corrected chi connectivity index (χ0v) is 9.02. The van der Waals surface area contributed by atoms with Crippen LogP contribution >= 0.6 is 0 Å². The Morgan fingerprint density at radius 2 is 1.73 bits per heavy atom. The van der Waals surface area contributed by atoms with Crippen LogP contribution in [0.25, 0.3) is 0 Å². The predicted octanol–water partition coefficient (Wildman–Crippen LogP) is 0.00680. The molecule has 15 heavy (non-hydrogen) atoms. The third-order valence-electron chi connectivity index (χ3n) is 1.88. The molecule has 0 saturated heterocycles. The van der Waals surface area contributed by atoms with Gasteiger partial charge in [-0.25, -0.2) is 4.79 Å². The number of carboxylic acid groups (broad SMARTS) is 1. The summed E-state index contributed by atoms with van der Waals surface area (Å²) in [6.07, 6.45) is 2.13. The summed E-state index contributed by atoms with van der Waals surface area (Å²) in [7, 11) is 0. The van der Waals surface area contributed by atoms with Gasteiger partial charge in [-0.1, -0.05) is 13.5 Å². The van der Waals surface area contributed by atoms with Crippen molar-refractivity contribution in [2.24, 2.45) is 5.41 Å². The quantitative estimate of drug-likeness (QED) is 0.473. The molecule has 0 aliphatic rings. The van der Waals surface area contributed by atoms with E-state index in [1.165, 1.54) is 0 Å². The van der Waals surface area contributed by atoms with Gasteiger partial charge in [0.05, 0.1) is 13.2 Å². The first-order chi connectivity index (χ1) is 6.95. The largest absolute Gasteiger partial charge is 0.478 e. The molecule has 0 aromatic carbocycles. The van der Waals surface area contributed by atoms with Crippen molar-refractivity contribution in [2.45, 2.75) is 19.8 Å². The molecule has 0 aliphatic heterocycles. The Balaban J connectivity index is 0. The lowest BCUT2D eigenvalue weighted by atomic mass is 9.88. The summed E-state index contributed by atoms with van der Waals surface area (Å²) < 4.78 is 0. The van der Waals surface area contributed by atoms with Crippen molar-refractivity contribution in [3.8, 4) is 0 Å². The maximum atomic E-state index is 9.25. The molecular formula is C10H20O5. The van der Waals surface area contributed by atoms with Crippen molar-refractivity contribution in [3.05, 3.63) is 12.7 Å². The molecule has 0 spiro atoms. The molecule has 0 fully saturated rings. The van der Waals surface area contributed by atoms with Crippen LogP contribution in [-0.4, -0.2) is 46.2 Å². The molecule has 90 valence electrons. The highest BCUT2D eigenvalue weighted by Crippen LogP contribution is 2.20. The van der Waals surface area contributed by atoms with Crippen LogP contribution in [0.1, 0.15) is 19.8 Å². The summed E-state index contributed by atoms with van der Waals surface area (Å²) in [6.45, 7) is 4.83. The van der Waals surface area contributed by atoms with Crippen LogP contribution in [-0.2, 0) is 4.79 Å². The number of hydrogen-bond donors (Lipinski definition) is 4. The maximum Gasteiger partial charge on any atom is 0.327 e. The van der Waals surface area contributed by atoms with Crippen LogP contribution in [0.5, 0.6) is 0 Å². The number of hydrogen-bond acceptors (Lipinski definition) is 4. The Bertz CT molecular complexity index is 175. The first-order valence-electron chi connectivity index (χ1n) is 4.63. The second kappa shape index (κ2) is 9.64. The molecule has 4 N–H and O–H groups in total. The summed E-state index contributed by atoms with van der Waals surface area (Å²) >= 11 is 0. The van der Waals surface area contributed by atoms with Gasteiger partial charge >= 0.3 is 5.97 Å².